The number of amides is 3. The number of urea groups is 1. The van der Waals surface area contributed by atoms with E-state index in [0.29, 0.717) is 24.1 Å². The second kappa shape index (κ2) is 9.00. The average Bonchev–Trinajstić information content (AvgIpc) is 3.18. The highest BCUT2D eigenvalue weighted by Crippen LogP contribution is 2.34. The molecule has 0 saturated carbocycles. The SMILES string of the molecule is O=C(N1C[C@H]2CC[C@@H](C1)N2C(=O)c1cc(=O)c2ccccc2o1)N(c1ccccc1)c1ccccc1. The molecule has 4 aromatic rings. The van der Waals surface area contributed by atoms with Crippen molar-refractivity contribution < 1.29 is 14.0 Å². The van der Waals surface area contributed by atoms with Gasteiger partial charge in [0.25, 0.3) is 5.91 Å². The fourth-order valence-electron chi connectivity index (χ4n) is 5.39. The van der Waals surface area contributed by atoms with Gasteiger partial charge in [-0.3, -0.25) is 14.5 Å². The lowest BCUT2D eigenvalue weighted by Crippen LogP contribution is -2.59. The van der Waals surface area contributed by atoms with Crippen molar-refractivity contribution in [2.45, 2.75) is 24.9 Å². The van der Waals surface area contributed by atoms with E-state index in [0.717, 1.165) is 24.2 Å². The largest absolute Gasteiger partial charge is 0.451 e. The number of benzene rings is 3. The Hall–Kier alpha value is -4.39. The summed E-state index contributed by atoms with van der Waals surface area (Å²) in [6.45, 7) is 0.851. The quantitative estimate of drug-likeness (QED) is 0.413. The number of hydrogen-bond acceptors (Lipinski definition) is 4. The van der Waals surface area contributed by atoms with Gasteiger partial charge in [0.15, 0.2) is 11.2 Å². The zero-order chi connectivity index (χ0) is 24.6. The van der Waals surface area contributed by atoms with Crippen LogP contribution in [0.15, 0.2) is 100 Å². The van der Waals surface area contributed by atoms with Gasteiger partial charge in [0.2, 0.25) is 0 Å². The maximum Gasteiger partial charge on any atom is 0.329 e. The smallest absolute Gasteiger partial charge is 0.329 e. The Balaban J connectivity index is 1.27. The first-order chi connectivity index (χ1) is 17.6. The van der Waals surface area contributed by atoms with Gasteiger partial charge < -0.3 is 14.2 Å². The molecule has 0 spiro atoms. The Bertz CT molecular complexity index is 1430. The highest BCUT2D eigenvalue weighted by atomic mass is 16.3. The van der Waals surface area contributed by atoms with Crippen LogP contribution in [0.1, 0.15) is 23.4 Å². The molecular formula is C29H25N3O4. The van der Waals surface area contributed by atoms with Crippen LogP contribution < -0.4 is 10.3 Å². The maximum atomic E-state index is 13.8. The Labute approximate surface area is 208 Å². The molecule has 2 saturated heterocycles. The van der Waals surface area contributed by atoms with E-state index in [1.165, 1.54) is 6.07 Å². The van der Waals surface area contributed by atoms with Gasteiger partial charge in [-0.25, -0.2) is 4.79 Å². The molecule has 3 heterocycles. The van der Waals surface area contributed by atoms with Crippen LogP contribution in [-0.4, -0.2) is 46.9 Å². The van der Waals surface area contributed by atoms with Crippen molar-refractivity contribution in [3.63, 3.8) is 0 Å². The van der Waals surface area contributed by atoms with E-state index in [4.69, 9.17) is 4.42 Å². The lowest BCUT2D eigenvalue weighted by Gasteiger charge is -2.42. The number of para-hydroxylation sites is 3. The molecule has 180 valence electrons. The molecule has 0 radical (unpaired) electrons. The summed E-state index contributed by atoms with van der Waals surface area (Å²) in [5, 5.41) is 0.453. The average molecular weight is 480 g/mol. The topological polar surface area (TPSA) is 74.1 Å². The van der Waals surface area contributed by atoms with Crippen LogP contribution in [0.5, 0.6) is 0 Å². The number of likely N-dealkylation sites (tertiary alicyclic amines) is 1. The second-order valence-electron chi connectivity index (χ2n) is 9.26. The van der Waals surface area contributed by atoms with Crippen molar-refractivity contribution in [2.24, 2.45) is 0 Å². The first kappa shape index (κ1) is 22.1. The standard InChI is InChI=1S/C29H25N3O4/c33-25-17-27(36-26-14-8-7-13-24(25)26)28(34)31-22-15-16-23(31)19-30(18-22)29(35)32(20-9-3-1-4-10-20)21-11-5-2-6-12-21/h1-14,17,22-23H,15-16,18-19H2/t22-,23+. The van der Waals surface area contributed by atoms with Gasteiger partial charge in [0.05, 0.1) is 28.8 Å². The first-order valence-corrected chi connectivity index (χ1v) is 12.1. The summed E-state index contributed by atoms with van der Waals surface area (Å²) in [6.07, 6.45) is 1.60. The van der Waals surface area contributed by atoms with Crippen LogP contribution in [0.2, 0.25) is 0 Å². The number of anilines is 2. The van der Waals surface area contributed by atoms with Crippen molar-refractivity contribution in [3.05, 3.63) is 107 Å². The Morgan fingerprint density at radius 1 is 0.778 bits per heavy atom. The molecule has 2 fully saturated rings. The minimum absolute atomic E-state index is 0.0468. The highest BCUT2D eigenvalue weighted by Gasteiger charge is 2.45. The van der Waals surface area contributed by atoms with E-state index in [2.05, 4.69) is 0 Å². The van der Waals surface area contributed by atoms with E-state index < -0.39 is 0 Å². The van der Waals surface area contributed by atoms with Crippen LogP contribution in [-0.2, 0) is 0 Å². The molecule has 1 aromatic heterocycles. The van der Waals surface area contributed by atoms with Crippen LogP contribution in [0.4, 0.5) is 16.2 Å². The number of nitrogens with zero attached hydrogens (tertiary/aromatic N) is 3. The molecule has 6 rings (SSSR count). The van der Waals surface area contributed by atoms with Crippen molar-refractivity contribution >= 4 is 34.3 Å². The Morgan fingerprint density at radius 3 is 1.94 bits per heavy atom. The molecule has 2 aliphatic rings. The van der Waals surface area contributed by atoms with Crippen molar-refractivity contribution in [3.8, 4) is 0 Å². The predicted molar refractivity (Wildman–Crippen MR) is 137 cm³/mol. The molecule has 3 aromatic carbocycles. The van der Waals surface area contributed by atoms with E-state index in [1.807, 2.05) is 70.5 Å². The summed E-state index contributed by atoms with van der Waals surface area (Å²) in [5.41, 5.74) is 1.74. The molecule has 36 heavy (non-hydrogen) atoms. The summed E-state index contributed by atoms with van der Waals surface area (Å²) in [5.74, 6) is -0.244. The molecule has 2 atom stereocenters. The minimum atomic E-state index is -0.291. The van der Waals surface area contributed by atoms with Crippen molar-refractivity contribution in [2.75, 3.05) is 18.0 Å². The van der Waals surface area contributed by atoms with Gasteiger partial charge in [-0.2, -0.15) is 0 Å². The lowest BCUT2D eigenvalue weighted by atomic mass is 10.1. The Morgan fingerprint density at radius 2 is 1.33 bits per heavy atom. The molecular weight excluding hydrogens is 454 g/mol. The number of fused-ring (bicyclic) bond motifs is 3. The number of hydrogen-bond donors (Lipinski definition) is 0. The van der Waals surface area contributed by atoms with Gasteiger partial charge in [-0.05, 0) is 49.2 Å². The lowest BCUT2D eigenvalue weighted by molar-refractivity contribution is 0.0460. The van der Waals surface area contributed by atoms with Gasteiger partial charge >= 0.3 is 6.03 Å². The Kier molecular flexibility index (Phi) is 5.52. The maximum absolute atomic E-state index is 13.8. The third kappa shape index (κ3) is 3.82. The number of carbonyl (C=O) groups is 2. The van der Waals surface area contributed by atoms with Crippen molar-refractivity contribution in [1.82, 2.24) is 9.80 Å². The molecule has 0 N–H and O–H groups in total. The van der Waals surface area contributed by atoms with E-state index in [-0.39, 0.29) is 35.2 Å². The highest BCUT2D eigenvalue weighted by molar-refractivity contribution is 6.00. The van der Waals surface area contributed by atoms with Gasteiger partial charge in [0, 0.05) is 19.2 Å². The van der Waals surface area contributed by atoms with Crippen LogP contribution in [0.3, 0.4) is 0 Å². The van der Waals surface area contributed by atoms with E-state index in [1.54, 1.807) is 29.2 Å². The zero-order valence-corrected chi connectivity index (χ0v) is 19.6. The van der Waals surface area contributed by atoms with E-state index >= 15 is 0 Å². The summed E-state index contributed by atoms with van der Waals surface area (Å²) in [7, 11) is 0. The van der Waals surface area contributed by atoms with Gasteiger partial charge in [0.1, 0.15) is 5.58 Å². The third-order valence-corrected chi connectivity index (χ3v) is 7.05. The monoisotopic (exact) mass is 479 g/mol. The van der Waals surface area contributed by atoms with E-state index in [9.17, 15) is 14.4 Å². The normalized spacial score (nSPS) is 18.9. The molecule has 0 aliphatic carbocycles. The first-order valence-electron chi connectivity index (χ1n) is 12.1. The van der Waals surface area contributed by atoms with Crippen molar-refractivity contribution in [1.29, 1.82) is 0 Å². The number of rotatable bonds is 3. The fraction of sp³-hybridized carbons (Fsp3) is 0.207. The van der Waals surface area contributed by atoms with Crippen LogP contribution >= 0.6 is 0 Å². The molecule has 0 unspecified atom stereocenters. The molecule has 3 amide bonds. The number of piperazine rings is 1. The van der Waals surface area contributed by atoms with Crippen LogP contribution in [0, 0.1) is 0 Å². The molecule has 2 aliphatic heterocycles. The number of carbonyl (C=O) groups excluding carboxylic acids is 2. The predicted octanol–water partition coefficient (Wildman–Crippen LogP) is 5.04. The summed E-state index contributed by atoms with van der Waals surface area (Å²) < 4.78 is 5.83. The summed E-state index contributed by atoms with van der Waals surface area (Å²) in [6, 6.07) is 27.0. The summed E-state index contributed by atoms with van der Waals surface area (Å²) >= 11 is 0. The molecule has 2 bridgehead atoms. The second-order valence-corrected chi connectivity index (χ2v) is 9.26. The molecule has 7 heteroatoms. The fourth-order valence-corrected chi connectivity index (χ4v) is 5.39. The molecule has 7 nitrogen and oxygen atoms in total. The minimum Gasteiger partial charge on any atom is -0.451 e. The third-order valence-electron chi connectivity index (χ3n) is 7.05. The summed E-state index contributed by atoms with van der Waals surface area (Å²) in [4.78, 5) is 45.3. The van der Waals surface area contributed by atoms with Gasteiger partial charge in [-0.1, -0.05) is 48.5 Å². The zero-order valence-electron chi connectivity index (χ0n) is 19.6. The van der Waals surface area contributed by atoms with Gasteiger partial charge in [-0.15, -0.1) is 0 Å². The van der Waals surface area contributed by atoms with Crippen LogP contribution in [0.25, 0.3) is 11.0 Å².